The summed E-state index contributed by atoms with van der Waals surface area (Å²) in [7, 11) is 0. The van der Waals surface area contributed by atoms with Crippen LogP contribution in [0.4, 0.5) is 17.6 Å². The third kappa shape index (κ3) is 3.76. The normalized spacial score (nSPS) is 22.0. The van der Waals surface area contributed by atoms with Crippen LogP contribution in [0, 0.1) is 0 Å². The van der Waals surface area contributed by atoms with Gasteiger partial charge in [0.05, 0.1) is 19.6 Å². The molecule has 1 amide bonds. The summed E-state index contributed by atoms with van der Waals surface area (Å²) in [6, 6.07) is 1.23. The Morgan fingerprint density at radius 3 is 2.72 bits per heavy atom. The number of alkyl halides is 4. The van der Waals surface area contributed by atoms with Crippen molar-refractivity contribution in [3.63, 3.8) is 0 Å². The summed E-state index contributed by atoms with van der Waals surface area (Å²) in [4.78, 5) is 30.4. The molecular formula is C17H18F4N6O2. The number of aromatic nitrogens is 4. The lowest BCUT2D eigenvalue weighted by Gasteiger charge is -2.27. The molecule has 29 heavy (non-hydrogen) atoms. The van der Waals surface area contributed by atoms with Gasteiger partial charge in [0.1, 0.15) is 23.7 Å². The van der Waals surface area contributed by atoms with E-state index in [1.807, 2.05) is 0 Å². The molecule has 0 bridgehead atoms. The molecule has 1 fully saturated rings. The van der Waals surface area contributed by atoms with Crippen molar-refractivity contribution >= 4 is 5.91 Å². The van der Waals surface area contributed by atoms with Crippen LogP contribution >= 0.6 is 0 Å². The Morgan fingerprint density at radius 1 is 1.31 bits per heavy atom. The number of rotatable bonds is 3. The van der Waals surface area contributed by atoms with Crippen LogP contribution in [0.3, 0.4) is 0 Å². The molecule has 0 spiro atoms. The Hall–Kier alpha value is -2.76. The van der Waals surface area contributed by atoms with E-state index in [-0.39, 0.29) is 38.5 Å². The minimum absolute atomic E-state index is 0.00474. The fourth-order valence-corrected chi connectivity index (χ4v) is 3.60. The van der Waals surface area contributed by atoms with Crippen molar-refractivity contribution in [1.29, 1.82) is 0 Å². The first-order valence-corrected chi connectivity index (χ1v) is 9.08. The van der Waals surface area contributed by atoms with Crippen molar-refractivity contribution in [2.24, 2.45) is 0 Å². The number of fused-ring (bicyclic) bond motifs is 1. The van der Waals surface area contributed by atoms with Gasteiger partial charge in [-0.2, -0.15) is 18.3 Å². The monoisotopic (exact) mass is 414 g/mol. The van der Waals surface area contributed by atoms with Crippen molar-refractivity contribution in [2.75, 3.05) is 19.6 Å². The summed E-state index contributed by atoms with van der Waals surface area (Å²) >= 11 is 0. The van der Waals surface area contributed by atoms with Crippen LogP contribution in [0.1, 0.15) is 29.5 Å². The van der Waals surface area contributed by atoms with Gasteiger partial charge < -0.3 is 10.2 Å². The van der Waals surface area contributed by atoms with Crippen LogP contribution in [0.25, 0.3) is 0 Å². The first kappa shape index (κ1) is 19.6. The fourth-order valence-electron chi connectivity index (χ4n) is 3.60. The van der Waals surface area contributed by atoms with Crippen molar-refractivity contribution in [3.8, 4) is 0 Å². The maximum Gasteiger partial charge on any atom is 0.433 e. The standard InChI is InChI=1S/C17H18F4N6O2/c18-11-3-4-25(9-11)15(28)12-6-22-7-14-24-26(16(29)27(12)14)8-10-1-2-13(23-5-10)17(19,20)21/h1-2,5,11-12,22H,3-4,6-9H2/t11-,12?/m0/s1. The van der Waals surface area contributed by atoms with Crippen molar-refractivity contribution in [3.05, 3.63) is 45.9 Å². The highest BCUT2D eigenvalue weighted by atomic mass is 19.4. The van der Waals surface area contributed by atoms with E-state index in [0.717, 1.165) is 16.9 Å². The maximum atomic E-state index is 13.5. The number of amides is 1. The largest absolute Gasteiger partial charge is 0.433 e. The van der Waals surface area contributed by atoms with Gasteiger partial charge in [0.2, 0.25) is 5.91 Å². The molecule has 4 rings (SSSR count). The van der Waals surface area contributed by atoms with Crippen molar-refractivity contribution < 1.29 is 22.4 Å². The zero-order valence-electron chi connectivity index (χ0n) is 15.2. The molecule has 1 N–H and O–H groups in total. The van der Waals surface area contributed by atoms with E-state index < -0.39 is 29.8 Å². The fraction of sp³-hybridized carbons (Fsp3) is 0.529. The van der Waals surface area contributed by atoms with Gasteiger partial charge in [-0.15, -0.1) is 0 Å². The summed E-state index contributed by atoms with van der Waals surface area (Å²) in [5.74, 6) is -0.00749. The second kappa shape index (κ2) is 7.25. The highest BCUT2D eigenvalue weighted by molar-refractivity contribution is 5.81. The molecule has 1 saturated heterocycles. The van der Waals surface area contributed by atoms with E-state index in [9.17, 15) is 27.2 Å². The first-order valence-electron chi connectivity index (χ1n) is 9.08. The lowest BCUT2D eigenvalue weighted by molar-refractivity contribution is -0.141. The van der Waals surface area contributed by atoms with Gasteiger partial charge in [-0.3, -0.25) is 14.3 Å². The number of carbonyl (C=O) groups excluding carboxylic acids is 1. The van der Waals surface area contributed by atoms with E-state index in [1.54, 1.807) is 0 Å². The first-order chi connectivity index (χ1) is 13.7. The van der Waals surface area contributed by atoms with Gasteiger partial charge in [-0.1, -0.05) is 6.07 Å². The van der Waals surface area contributed by atoms with Gasteiger partial charge in [0.25, 0.3) is 0 Å². The van der Waals surface area contributed by atoms with Crippen LogP contribution in [-0.2, 0) is 24.1 Å². The van der Waals surface area contributed by atoms with Crippen LogP contribution in [0.15, 0.2) is 23.1 Å². The van der Waals surface area contributed by atoms with E-state index >= 15 is 0 Å². The molecule has 0 radical (unpaired) electrons. The Kier molecular flexibility index (Phi) is 4.89. The van der Waals surface area contributed by atoms with Gasteiger partial charge >= 0.3 is 11.9 Å². The third-order valence-electron chi connectivity index (χ3n) is 5.05. The number of carbonyl (C=O) groups is 1. The molecule has 2 aliphatic rings. The minimum Gasteiger partial charge on any atom is -0.338 e. The Balaban J connectivity index is 1.58. The van der Waals surface area contributed by atoms with E-state index in [4.69, 9.17) is 0 Å². The van der Waals surface area contributed by atoms with E-state index in [1.165, 1.54) is 15.5 Å². The molecule has 1 unspecified atom stereocenters. The smallest absolute Gasteiger partial charge is 0.338 e. The number of nitrogens with one attached hydrogen (secondary N) is 1. The summed E-state index contributed by atoms with van der Waals surface area (Å²) < 4.78 is 53.7. The Bertz CT molecular complexity index is 968. The molecule has 156 valence electrons. The zero-order chi connectivity index (χ0) is 20.8. The van der Waals surface area contributed by atoms with Crippen LogP contribution in [0.5, 0.6) is 0 Å². The second-order valence-corrected chi connectivity index (χ2v) is 7.09. The molecule has 4 heterocycles. The molecule has 2 atom stereocenters. The highest BCUT2D eigenvalue weighted by Crippen LogP contribution is 2.27. The van der Waals surface area contributed by atoms with Crippen molar-refractivity contribution in [2.45, 2.75) is 37.9 Å². The van der Waals surface area contributed by atoms with Gasteiger partial charge in [0, 0.05) is 19.3 Å². The molecule has 12 heteroatoms. The highest BCUT2D eigenvalue weighted by Gasteiger charge is 2.36. The minimum atomic E-state index is -4.55. The molecule has 0 saturated carbocycles. The number of likely N-dealkylation sites (tertiary alicyclic amines) is 1. The SMILES string of the molecule is O=C(C1CNCc2nn(Cc3ccc(C(F)(F)F)nc3)c(=O)n21)N1CC[C@H](F)C1. The van der Waals surface area contributed by atoms with Crippen LogP contribution in [-0.4, -0.2) is 55.9 Å². The number of pyridine rings is 1. The average molecular weight is 414 g/mol. The summed E-state index contributed by atoms with van der Waals surface area (Å²) in [5.41, 5.74) is -1.20. The molecule has 2 aromatic rings. The van der Waals surface area contributed by atoms with Gasteiger partial charge in [-0.25, -0.2) is 13.9 Å². The number of halogens is 4. The van der Waals surface area contributed by atoms with Crippen LogP contribution < -0.4 is 11.0 Å². The van der Waals surface area contributed by atoms with E-state index in [2.05, 4.69) is 15.4 Å². The number of hydrogen-bond acceptors (Lipinski definition) is 5. The topological polar surface area (TPSA) is 85.0 Å². The number of hydrogen-bond donors (Lipinski definition) is 1. The molecule has 8 nitrogen and oxygen atoms in total. The molecule has 0 aromatic carbocycles. The predicted octanol–water partition coefficient (Wildman–Crippen LogP) is 0.722. The molecule has 2 aliphatic heterocycles. The summed E-state index contributed by atoms with van der Waals surface area (Å²) in [6.07, 6.45) is -4.30. The lowest BCUT2D eigenvalue weighted by Crippen LogP contribution is -2.47. The third-order valence-corrected chi connectivity index (χ3v) is 5.05. The molecule has 2 aromatic heterocycles. The molecular weight excluding hydrogens is 396 g/mol. The maximum absolute atomic E-state index is 13.5. The Morgan fingerprint density at radius 2 is 2.10 bits per heavy atom. The average Bonchev–Trinajstić information content (AvgIpc) is 3.25. The summed E-state index contributed by atoms with van der Waals surface area (Å²) in [6.45, 7) is 0.702. The Labute approximate surface area is 162 Å². The quantitative estimate of drug-likeness (QED) is 0.749. The van der Waals surface area contributed by atoms with Crippen LogP contribution in [0.2, 0.25) is 0 Å². The predicted molar refractivity (Wildman–Crippen MR) is 91.7 cm³/mol. The van der Waals surface area contributed by atoms with Gasteiger partial charge in [0.15, 0.2) is 0 Å². The van der Waals surface area contributed by atoms with Gasteiger partial charge in [-0.05, 0) is 18.1 Å². The van der Waals surface area contributed by atoms with Crippen molar-refractivity contribution in [1.82, 2.24) is 29.5 Å². The second-order valence-electron chi connectivity index (χ2n) is 7.09. The zero-order valence-corrected chi connectivity index (χ0v) is 15.2. The van der Waals surface area contributed by atoms with E-state index in [0.29, 0.717) is 17.9 Å². The number of nitrogens with zero attached hydrogens (tertiary/aromatic N) is 5. The lowest BCUT2D eigenvalue weighted by atomic mass is 10.2. The summed E-state index contributed by atoms with van der Waals surface area (Å²) in [5, 5.41) is 7.22. The molecule has 0 aliphatic carbocycles.